The van der Waals surface area contributed by atoms with Crippen LogP contribution in [0.3, 0.4) is 0 Å². The Morgan fingerprint density at radius 1 is 0.692 bits per heavy atom. The van der Waals surface area contributed by atoms with Gasteiger partial charge in [0.05, 0.1) is 15.8 Å². The highest BCUT2D eigenvalue weighted by atomic mass is 32.2. The van der Waals surface area contributed by atoms with Crippen molar-refractivity contribution in [2.75, 3.05) is 50.3 Å². The number of carboxylic acid groups (broad SMARTS) is 1. The van der Waals surface area contributed by atoms with Crippen LogP contribution in [-0.4, -0.2) is 110 Å². The van der Waals surface area contributed by atoms with E-state index in [1.54, 1.807) is 12.1 Å². The Hall–Kier alpha value is -4.49. The van der Waals surface area contributed by atoms with Gasteiger partial charge in [-0.3, -0.25) is 23.0 Å². The summed E-state index contributed by atoms with van der Waals surface area (Å²) in [5.74, 6) is -0.941. The first-order valence-electron chi connectivity index (χ1n) is 20.5. The van der Waals surface area contributed by atoms with Gasteiger partial charge in [-0.15, -0.1) is 0 Å². The van der Waals surface area contributed by atoms with Gasteiger partial charge in [0.15, 0.2) is 0 Å². The summed E-state index contributed by atoms with van der Waals surface area (Å²) in [7, 11) is -17.0. The number of rotatable bonds is 19. The zero-order valence-electron chi connectivity index (χ0n) is 36.3. The number of unbranched alkanes of at least 4 members (excludes halogenated alkanes) is 2. The molecule has 0 spiro atoms. The molecule has 0 saturated carbocycles. The molecule has 18 nitrogen and oxygen atoms in total. The molecule has 354 valence electrons. The molecule has 22 heteroatoms. The normalized spacial score (nSPS) is 21.0. The van der Waals surface area contributed by atoms with E-state index in [2.05, 4.69) is 0 Å². The van der Waals surface area contributed by atoms with Crippen molar-refractivity contribution in [3.05, 3.63) is 83.6 Å². The van der Waals surface area contributed by atoms with Gasteiger partial charge in [0.2, 0.25) is 0 Å². The molecule has 0 aliphatic carbocycles. The number of anilines is 2. The quantitative estimate of drug-likeness (QED) is 0.0503. The van der Waals surface area contributed by atoms with Crippen LogP contribution in [0.4, 0.5) is 11.4 Å². The van der Waals surface area contributed by atoms with Gasteiger partial charge in [0.25, 0.3) is 40.5 Å². The number of fused-ring (bicyclic) bond motifs is 6. The topological polar surface area (TPSA) is 280 Å². The summed E-state index contributed by atoms with van der Waals surface area (Å²) in [6.45, 7) is 6.82. The fraction of sp³-hybridized carbons (Fsp3) is 0.419. The lowest BCUT2D eigenvalue weighted by Gasteiger charge is -2.35. The maximum Gasteiger partial charge on any atom is 0.303 e. The number of methoxy groups -OCH3 is 2. The lowest BCUT2D eigenvalue weighted by Crippen LogP contribution is -2.42. The molecule has 2 aliphatic heterocycles. The Morgan fingerprint density at radius 2 is 1.22 bits per heavy atom. The molecule has 0 bridgehead atoms. The molecule has 0 amide bonds. The fourth-order valence-electron chi connectivity index (χ4n) is 9.61. The van der Waals surface area contributed by atoms with Crippen molar-refractivity contribution >= 4 is 79.4 Å². The number of hydrogen-bond donors (Lipinski definition) is 5. The van der Waals surface area contributed by atoms with Crippen molar-refractivity contribution in [3.63, 3.8) is 0 Å². The van der Waals surface area contributed by atoms with Gasteiger partial charge >= 0.3 is 5.97 Å². The number of allylic oxidation sites excluding steroid dienone is 3. The monoisotopic (exact) mass is 980 g/mol. The van der Waals surface area contributed by atoms with Crippen LogP contribution in [0.2, 0.25) is 0 Å². The summed E-state index contributed by atoms with van der Waals surface area (Å²) in [5.41, 5.74) is 0.872. The highest BCUT2D eigenvalue weighted by Gasteiger charge is 2.48. The van der Waals surface area contributed by atoms with Gasteiger partial charge in [0.1, 0.15) is 9.79 Å². The minimum atomic E-state index is -5.03. The number of nitrogens with zero attached hydrogens (tertiary/aromatic N) is 2. The summed E-state index contributed by atoms with van der Waals surface area (Å²) >= 11 is 0. The molecule has 0 aromatic heterocycles. The summed E-state index contributed by atoms with van der Waals surface area (Å²) < 4.78 is 153. The van der Waals surface area contributed by atoms with Crippen molar-refractivity contribution in [1.29, 1.82) is 0 Å². The number of ether oxygens (including phenoxy) is 2. The van der Waals surface area contributed by atoms with Crippen molar-refractivity contribution in [2.24, 2.45) is 0 Å². The van der Waals surface area contributed by atoms with E-state index in [0.717, 1.165) is 6.07 Å². The van der Waals surface area contributed by atoms with Gasteiger partial charge in [-0.1, -0.05) is 37.6 Å². The Kier molecular flexibility index (Phi) is 14.1. The van der Waals surface area contributed by atoms with Crippen LogP contribution in [0.15, 0.2) is 92.0 Å². The van der Waals surface area contributed by atoms with Gasteiger partial charge in [0, 0.05) is 85.6 Å². The van der Waals surface area contributed by atoms with Crippen LogP contribution >= 0.6 is 0 Å². The van der Waals surface area contributed by atoms with Gasteiger partial charge < -0.3 is 24.4 Å². The number of carbonyl (C=O) groups is 1. The predicted octanol–water partition coefficient (Wildman–Crippen LogP) is 6.38. The van der Waals surface area contributed by atoms with E-state index < -0.39 is 82.9 Å². The molecule has 3 unspecified atom stereocenters. The third-order valence-electron chi connectivity index (χ3n) is 12.6. The summed E-state index contributed by atoms with van der Waals surface area (Å²) in [5, 5.41) is 9.60. The van der Waals surface area contributed by atoms with Crippen LogP contribution in [-0.2, 0) is 65.6 Å². The molecule has 3 atom stereocenters. The third kappa shape index (κ3) is 9.56. The van der Waals surface area contributed by atoms with E-state index in [9.17, 15) is 61.8 Å². The van der Waals surface area contributed by atoms with E-state index in [1.807, 2.05) is 48.8 Å². The maximum absolute atomic E-state index is 12.7. The molecular weight excluding hydrogens is 929 g/mol. The Balaban J connectivity index is 1.60. The van der Waals surface area contributed by atoms with Crippen molar-refractivity contribution in [1.82, 2.24) is 0 Å². The molecule has 0 fully saturated rings. The average molecular weight is 981 g/mol. The van der Waals surface area contributed by atoms with Crippen molar-refractivity contribution < 1.29 is 71.3 Å². The van der Waals surface area contributed by atoms with E-state index in [1.165, 1.54) is 32.4 Å². The maximum atomic E-state index is 12.7. The third-order valence-corrected chi connectivity index (χ3v) is 16.1. The lowest BCUT2D eigenvalue weighted by molar-refractivity contribution is -0.137. The number of likely N-dealkylation sites (N-methyl/N-ethyl adjacent to an activating group) is 1. The molecule has 2 aliphatic rings. The average Bonchev–Trinajstić information content (AvgIpc) is 3.60. The summed E-state index contributed by atoms with van der Waals surface area (Å²) in [6.07, 6.45) is 7.57. The minimum absolute atomic E-state index is 0.00162. The van der Waals surface area contributed by atoms with Gasteiger partial charge in [-0.25, -0.2) is 0 Å². The first-order valence-corrected chi connectivity index (χ1v) is 26.2. The van der Waals surface area contributed by atoms with E-state index in [0.29, 0.717) is 79.1 Å². The molecule has 4 aromatic rings. The lowest BCUT2D eigenvalue weighted by atomic mass is 9.74. The largest absolute Gasteiger partial charge is 0.481 e. The van der Waals surface area contributed by atoms with Gasteiger partial charge in [-0.2, -0.15) is 33.7 Å². The SMILES string of the molecule is CCN1c2ccc3c(S(=O)(=O)O)cc(S(=O)(=O)O)cc3c2C(C)(CCOC)C1C=CC=C1N(CCCCCC(=O)O)c2ccc3c(S(=O)(=O)O)cc(S(=O)(=O)O)cc3c2C1(C)CCOC. The second kappa shape index (κ2) is 18.3. The molecule has 65 heavy (non-hydrogen) atoms. The summed E-state index contributed by atoms with van der Waals surface area (Å²) in [6, 6.07) is 9.48. The molecule has 5 N–H and O–H groups in total. The predicted molar refractivity (Wildman–Crippen MR) is 242 cm³/mol. The van der Waals surface area contributed by atoms with Crippen LogP contribution in [0.25, 0.3) is 21.5 Å². The van der Waals surface area contributed by atoms with Crippen LogP contribution in [0, 0.1) is 0 Å². The highest BCUT2D eigenvalue weighted by Crippen LogP contribution is 2.55. The van der Waals surface area contributed by atoms with E-state index in [-0.39, 0.29) is 47.6 Å². The second-order valence-electron chi connectivity index (χ2n) is 16.6. The standard InChI is InChI=1S/C43H52N2O16S4/c1-6-44-33-16-14-29-31(23-27(62(48,49)50)25-35(29)64(54,55)56)40(33)42(2,18-21-60-4)37(44)11-10-12-38-43(3,19-22-61-5)41-32-24-28(63(51,52)53)26-36(65(57,58)59)30(32)15-17-34(41)45(38)20-9-7-8-13-39(46)47/h10-12,14-17,23-26,37H,6-9,13,18-22H2,1-5H3,(H,46,47)(H,48,49,50)(H,51,52,53)(H,54,55,56)(H,57,58,59). The Labute approximate surface area is 378 Å². The van der Waals surface area contributed by atoms with E-state index >= 15 is 0 Å². The first kappa shape index (κ1) is 49.9. The summed E-state index contributed by atoms with van der Waals surface area (Å²) in [4.78, 5) is 12.4. The van der Waals surface area contributed by atoms with Crippen molar-refractivity contribution in [2.45, 2.75) is 95.7 Å². The van der Waals surface area contributed by atoms with Crippen molar-refractivity contribution in [3.8, 4) is 0 Å². The zero-order chi connectivity index (χ0) is 48.1. The molecule has 0 radical (unpaired) electrons. The molecular formula is C43H52N2O16S4. The zero-order valence-corrected chi connectivity index (χ0v) is 39.5. The highest BCUT2D eigenvalue weighted by molar-refractivity contribution is 7.87. The smallest absolute Gasteiger partial charge is 0.303 e. The molecule has 4 aromatic carbocycles. The second-order valence-corrected chi connectivity index (χ2v) is 22.2. The molecule has 0 saturated heterocycles. The number of hydrogen-bond acceptors (Lipinski definition) is 13. The number of aliphatic carboxylic acids is 1. The minimum Gasteiger partial charge on any atom is -0.481 e. The molecule has 6 rings (SSSR count). The number of benzene rings is 4. The first-order chi connectivity index (χ1) is 30.2. The van der Waals surface area contributed by atoms with Crippen LogP contribution in [0.5, 0.6) is 0 Å². The Bertz CT molecular complexity index is 3080. The number of carboxylic acids is 1. The Morgan fingerprint density at radius 3 is 1.71 bits per heavy atom. The fourth-order valence-corrected chi connectivity index (χ4v) is 12.3. The molecule has 2 heterocycles. The van der Waals surface area contributed by atoms with E-state index in [4.69, 9.17) is 9.47 Å². The van der Waals surface area contributed by atoms with Crippen LogP contribution < -0.4 is 9.80 Å². The van der Waals surface area contributed by atoms with Gasteiger partial charge in [-0.05, 0) is 104 Å². The van der Waals surface area contributed by atoms with Crippen LogP contribution in [0.1, 0.15) is 70.4 Å².